The van der Waals surface area contributed by atoms with Crippen molar-refractivity contribution < 1.29 is 14.7 Å². The van der Waals surface area contributed by atoms with Gasteiger partial charge in [0.15, 0.2) is 0 Å². The van der Waals surface area contributed by atoms with Gasteiger partial charge in [0, 0.05) is 19.0 Å². The van der Waals surface area contributed by atoms with E-state index in [0.29, 0.717) is 13.0 Å². The van der Waals surface area contributed by atoms with E-state index in [4.69, 9.17) is 10.8 Å². The molecule has 1 rings (SSSR count). The van der Waals surface area contributed by atoms with Gasteiger partial charge >= 0.3 is 5.97 Å². The average Bonchev–Trinajstić information content (AvgIpc) is 2.44. The highest BCUT2D eigenvalue weighted by Gasteiger charge is 2.17. The molecule has 0 fully saturated rings. The molecule has 3 N–H and O–H groups in total. The fraction of sp³-hybridized carbons (Fsp3) is 0.467. The second-order valence-electron chi connectivity index (χ2n) is 4.76. The van der Waals surface area contributed by atoms with Gasteiger partial charge in [0.05, 0.1) is 0 Å². The van der Waals surface area contributed by atoms with Crippen LogP contribution < -0.4 is 5.73 Å². The molecule has 1 aromatic carbocycles. The first-order valence-electron chi connectivity index (χ1n) is 6.84. The zero-order chi connectivity index (χ0) is 15.0. The van der Waals surface area contributed by atoms with E-state index >= 15 is 0 Å². The lowest BCUT2D eigenvalue weighted by atomic mass is 10.0. The molecule has 110 valence electrons. The highest BCUT2D eigenvalue weighted by atomic mass is 16.4. The molecule has 0 aromatic heterocycles. The number of aliphatic carboxylic acids is 1. The van der Waals surface area contributed by atoms with Crippen LogP contribution in [0.2, 0.25) is 0 Å². The van der Waals surface area contributed by atoms with Gasteiger partial charge in [-0.2, -0.15) is 0 Å². The monoisotopic (exact) mass is 278 g/mol. The van der Waals surface area contributed by atoms with E-state index in [0.717, 1.165) is 12.0 Å². The van der Waals surface area contributed by atoms with Crippen LogP contribution in [0.3, 0.4) is 0 Å². The van der Waals surface area contributed by atoms with E-state index in [1.54, 1.807) is 0 Å². The van der Waals surface area contributed by atoms with Crippen LogP contribution in [0.4, 0.5) is 0 Å². The van der Waals surface area contributed by atoms with Crippen LogP contribution in [-0.4, -0.2) is 35.0 Å². The van der Waals surface area contributed by atoms with E-state index in [9.17, 15) is 9.59 Å². The second kappa shape index (κ2) is 8.32. The van der Waals surface area contributed by atoms with Crippen LogP contribution in [0, 0.1) is 0 Å². The number of benzene rings is 1. The van der Waals surface area contributed by atoms with Crippen molar-refractivity contribution in [2.24, 2.45) is 5.73 Å². The Morgan fingerprint density at radius 3 is 2.50 bits per heavy atom. The smallest absolute Gasteiger partial charge is 0.323 e. The van der Waals surface area contributed by atoms with E-state index in [-0.39, 0.29) is 24.9 Å². The van der Waals surface area contributed by atoms with Gasteiger partial charge in [-0.15, -0.1) is 0 Å². The fourth-order valence-electron chi connectivity index (χ4n) is 2.03. The van der Waals surface area contributed by atoms with E-state index in [1.807, 2.05) is 37.3 Å². The minimum Gasteiger partial charge on any atom is -0.480 e. The molecule has 1 atom stereocenters. The van der Waals surface area contributed by atoms with E-state index in [1.165, 1.54) is 4.90 Å². The van der Waals surface area contributed by atoms with Gasteiger partial charge in [-0.25, -0.2) is 0 Å². The van der Waals surface area contributed by atoms with Crippen molar-refractivity contribution in [2.45, 2.75) is 32.2 Å². The van der Waals surface area contributed by atoms with Gasteiger partial charge in [0.25, 0.3) is 0 Å². The van der Waals surface area contributed by atoms with Crippen LogP contribution in [0.1, 0.15) is 37.8 Å². The van der Waals surface area contributed by atoms with Gasteiger partial charge in [0.2, 0.25) is 5.91 Å². The van der Waals surface area contributed by atoms with Gasteiger partial charge in [-0.05, 0) is 18.4 Å². The summed E-state index contributed by atoms with van der Waals surface area (Å²) in [7, 11) is 0. The number of carboxylic acid groups (broad SMARTS) is 1. The SMILES string of the molecule is CCCN(CC(=O)O)C(=O)CCC(N)c1ccccc1. The first kappa shape index (κ1) is 16.2. The summed E-state index contributed by atoms with van der Waals surface area (Å²) < 4.78 is 0. The Bertz CT molecular complexity index is 434. The van der Waals surface area contributed by atoms with Gasteiger partial charge in [-0.1, -0.05) is 37.3 Å². The third-order valence-corrected chi connectivity index (χ3v) is 3.07. The summed E-state index contributed by atoms with van der Waals surface area (Å²) >= 11 is 0. The topological polar surface area (TPSA) is 83.6 Å². The zero-order valence-corrected chi connectivity index (χ0v) is 11.8. The standard InChI is InChI=1S/C15H22N2O3/c1-2-10-17(11-15(19)20)14(18)9-8-13(16)12-6-4-3-5-7-12/h3-7,13H,2,8-11,16H2,1H3,(H,19,20). The molecule has 20 heavy (non-hydrogen) atoms. The number of nitrogens with two attached hydrogens (primary N) is 1. The van der Waals surface area contributed by atoms with E-state index in [2.05, 4.69) is 0 Å². The number of carbonyl (C=O) groups is 2. The van der Waals surface area contributed by atoms with Crippen LogP contribution in [-0.2, 0) is 9.59 Å². The van der Waals surface area contributed by atoms with Crippen molar-refractivity contribution in [3.8, 4) is 0 Å². The molecular formula is C15H22N2O3. The third kappa shape index (κ3) is 5.40. The van der Waals surface area contributed by atoms with Crippen molar-refractivity contribution in [1.29, 1.82) is 0 Å². The Labute approximate surface area is 119 Å². The van der Waals surface area contributed by atoms with Crippen molar-refractivity contribution in [1.82, 2.24) is 4.90 Å². The quantitative estimate of drug-likeness (QED) is 0.759. The van der Waals surface area contributed by atoms with Crippen molar-refractivity contribution in [2.75, 3.05) is 13.1 Å². The molecule has 0 saturated heterocycles. The maximum absolute atomic E-state index is 12.0. The zero-order valence-electron chi connectivity index (χ0n) is 11.8. The Balaban J connectivity index is 2.50. The fourth-order valence-corrected chi connectivity index (χ4v) is 2.03. The minimum atomic E-state index is -0.987. The van der Waals surface area contributed by atoms with Gasteiger partial charge < -0.3 is 15.7 Å². The minimum absolute atomic E-state index is 0.152. The lowest BCUT2D eigenvalue weighted by molar-refractivity contribution is -0.144. The summed E-state index contributed by atoms with van der Waals surface area (Å²) in [5.74, 6) is -1.14. The molecule has 1 amide bonds. The predicted molar refractivity (Wildman–Crippen MR) is 77.1 cm³/mol. The molecule has 1 aromatic rings. The third-order valence-electron chi connectivity index (χ3n) is 3.07. The van der Waals surface area contributed by atoms with Crippen LogP contribution >= 0.6 is 0 Å². The molecule has 0 bridgehead atoms. The van der Waals surface area contributed by atoms with Crippen molar-refractivity contribution in [3.63, 3.8) is 0 Å². The largest absolute Gasteiger partial charge is 0.480 e. The molecule has 0 aliphatic rings. The lowest BCUT2D eigenvalue weighted by Crippen LogP contribution is -2.36. The molecule has 0 aliphatic heterocycles. The number of hydrogen-bond acceptors (Lipinski definition) is 3. The Hall–Kier alpha value is -1.88. The summed E-state index contributed by atoms with van der Waals surface area (Å²) in [6.07, 6.45) is 1.52. The molecule has 5 nitrogen and oxygen atoms in total. The molecular weight excluding hydrogens is 256 g/mol. The average molecular weight is 278 g/mol. The maximum atomic E-state index is 12.0. The molecule has 0 aliphatic carbocycles. The van der Waals surface area contributed by atoms with Crippen molar-refractivity contribution >= 4 is 11.9 Å². The predicted octanol–water partition coefficient (Wildman–Crippen LogP) is 1.79. The molecule has 0 saturated carbocycles. The van der Waals surface area contributed by atoms with Gasteiger partial charge in [-0.3, -0.25) is 9.59 Å². The highest BCUT2D eigenvalue weighted by Crippen LogP contribution is 2.15. The molecule has 5 heteroatoms. The molecule has 1 unspecified atom stereocenters. The first-order chi connectivity index (χ1) is 9.54. The summed E-state index contributed by atoms with van der Waals surface area (Å²) in [6.45, 7) is 2.14. The summed E-state index contributed by atoms with van der Waals surface area (Å²) in [5.41, 5.74) is 7.02. The van der Waals surface area contributed by atoms with Crippen LogP contribution in [0.25, 0.3) is 0 Å². The Morgan fingerprint density at radius 1 is 1.30 bits per heavy atom. The number of hydrogen-bond donors (Lipinski definition) is 2. The van der Waals surface area contributed by atoms with E-state index < -0.39 is 5.97 Å². The Kier molecular flexibility index (Phi) is 6.73. The number of nitrogens with zero attached hydrogens (tertiary/aromatic N) is 1. The van der Waals surface area contributed by atoms with Crippen LogP contribution in [0.5, 0.6) is 0 Å². The number of carboxylic acids is 1. The number of amides is 1. The first-order valence-corrected chi connectivity index (χ1v) is 6.84. The summed E-state index contributed by atoms with van der Waals surface area (Å²) in [4.78, 5) is 24.1. The number of rotatable bonds is 8. The Morgan fingerprint density at radius 2 is 1.95 bits per heavy atom. The maximum Gasteiger partial charge on any atom is 0.323 e. The summed E-state index contributed by atoms with van der Waals surface area (Å²) in [5, 5.41) is 8.80. The molecule has 0 spiro atoms. The summed E-state index contributed by atoms with van der Waals surface area (Å²) in [6, 6.07) is 9.38. The second-order valence-corrected chi connectivity index (χ2v) is 4.76. The molecule has 0 heterocycles. The number of carbonyl (C=O) groups excluding carboxylic acids is 1. The highest BCUT2D eigenvalue weighted by molar-refractivity contribution is 5.81. The van der Waals surface area contributed by atoms with Crippen molar-refractivity contribution in [3.05, 3.63) is 35.9 Å². The van der Waals surface area contributed by atoms with Gasteiger partial charge in [0.1, 0.15) is 6.54 Å². The lowest BCUT2D eigenvalue weighted by Gasteiger charge is -2.21. The van der Waals surface area contributed by atoms with Crippen LogP contribution in [0.15, 0.2) is 30.3 Å². The molecule has 0 radical (unpaired) electrons. The normalized spacial score (nSPS) is 11.9.